The van der Waals surface area contributed by atoms with Gasteiger partial charge in [-0.2, -0.15) is 0 Å². The molecule has 3 N–H and O–H groups in total. The number of nitrogens with one attached hydrogen (secondary N) is 1. The van der Waals surface area contributed by atoms with Crippen LogP contribution in [0.5, 0.6) is 11.5 Å². The maximum Gasteiger partial charge on any atom is 0.121 e. The van der Waals surface area contributed by atoms with Crippen molar-refractivity contribution < 1.29 is 10.2 Å². The molecule has 0 aliphatic heterocycles. The molecule has 106 valence electrons. The van der Waals surface area contributed by atoms with Crippen molar-refractivity contribution in [3.8, 4) is 11.5 Å². The van der Waals surface area contributed by atoms with Crippen LogP contribution in [0.2, 0.25) is 0 Å². The largest absolute Gasteiger partial charge is 0.508 e. The number of hydrogen-bond donors (Lipinski definition) is 3. The quantitative estimate of drug-likeness (QED) is 0.674. The summed E-state index contributed by atoms with van der Waals surface area (Å²) in [6.45, 7) is 2.35. The molecule has 0 unspecified atom stereocenters. The number of benzene rings is 3. The molecule has 3 heteroatoms. The van der Waals surface area contributed by atoms with Gasteiger partial charge in [-0.1, -0.05) is 36.4 Å². The van der Waals surface area contributed by atoms with Gasteiger partial charge >= 0.3 is 0 Å². The SMILES string of the molecule is Cc1ccc(NCc2c(O)ccc3ccccc23)cc1O. The number of aromatic hydroxyl groups is 2. The van der Waals surface area contributed by atoms with E-state index in [0.717, 1.165) is 27.6 Å². The summed E-state index contributed by atoms with van der Waals surface area (Å²) in [5.41, 5.74) is 2.52. The van der Waals surface area contributed by atoms with Gasteiger partial charge in [0.25, 0.3) is 0 Å². The maximum atomic E-state index is 10.1. The zero-order valence-electron chi connectivity index (χ0n) is 11.8. The van der Waals surface area contributed by atoms with E-state index >= 15 is 0 Å². The second-order valence-electron chi connectivity index (χ2n) is 5.14. The number of rotatable bonds is 3. The molecule has 0 saturated carbocycles. The molecule has 0 bridgehead atoms. The van der Waals surface area contributed by atoms with Gasteiger partial charge in [0.2, 0.25) is 0 Å². The Morgan fingerprint density at radius 3 is 2.52 bits per heavy atom. The summed E-state index contributed by atoms with van der Waals surface area (Å²) in [6, 6.07) is 17.1. The average Bonchev–Trinajstić information content (AvgIpc) is 2.50. The Kier molecular flexibility index (Phi) is 3.40. The molecule has 0 spiro atoms. The third kappa shape index (κ3) is 2.63. The summed E-state index contributed by atoms with van der Waals surface area (Å²) < 4.78 is 0. The number of phenolic OH excluding ortho intramolecular Hbond substituents is 2. The van der Waals surface area contributed by atoms with Crippen LogP contribution in [0.15, 0.2) is 54.6 Å². The fraction of sp³-hybridized carbons (Fsp3) is 0.111. The molecule has 3 rings (SSSR count). The normalized spacial score (nSPS) is 10.7. The molecule has 0 saturated heterocycles. The molecule has 0 aromatic heterocycles. The third-order valence-corrected chi connectivity index (χ3v) is 3.69. The minimum Gasteiger partial charge on any atom is -0.508 e. The summed E-state index contributed by atoms with van der Waals surface area (Å²) in [7, 11) is 0. The molecule has 0 radical (unpaired) electrons. The van der Waals surface area contributed by atoms with Crippen molar-refractivity contribution in [2.75, 3.05) is 5.32 Å². The van der Waals surface area contributed by atoms with Crippen LogP contribution in [0.4, 0.5) is 5.69 Å². The van der Waals surface area contributed by atoms with Gasteiger partial charge in [-0.15, -0.1) is 0 Å². The Morgan fingerprint density at radius 2 is 1.71 bits per heavy atom. The van der Waals surface area contributed by atoms with Gasteiger partial charge in [0.05, 0.1) is 0 Å². The van der Waals surface area contributed by atoms with Crippen LogP contribution in [0.3, 0.4) is 0 Å². The number of fused-ring (bicyclic) bond motifs is 1. The number of aryl methyl sites for hydroxylation is 1. The Morgan fingerprint density at radius 1 is 0.905 bits per heavy atom. The summed E-state index contributed by atoms with van der Waals surface area (Å²) in [6.07, 6.45) is 0. The monoisotopic (exact) mass is 279 g/mol. The number of phenols is 2. The summed E-state index contributed by atoms with van der Waals surface area (Å²) >= 11 is 0. The van der Waals surface area contributed by atoms with E-state index in [1.54, 1.807) is 12.1 Å². The van der Waals surface area contributed by atoms with Crippen LogP contribution in [0.25, 0.3) is 10.8 Å². The Labute approximate surface area is 123 Å². The van der Waals surface area contributed by atoms with E-state index in [-0.39, 0.29) is 11.5 Å². The van der Waals surface area contributed by atoms with Gasteiger partial charge in [0, 0.05) is 23.9 Å². The Balaban J connectivity index is 1.91. The first-order valence-corrected chi connectivity index (χ1v) is 6.88. The Hall–Kier alpha value is -2.68. The molecule has 3 aromatic rings. The topological polar surface area (TPSA) is 52.5 Å². The first-order chi connectivity index (χ1) is 10.1. The van der Waals surface area contributed by atoms with Gasteiger partial charge in [0.1, 0.15) is 11.5 Å². The lowest BCUT2D eigenvalue weighted by atomic mass is 10.0. The molecule has 3 nitrogen and oxygen atoms in total. The molecular weight excluding hydrogens is 262 g/mol. The van der Waals surface area contributed by atoms with Crippen molar-refractivity contribution in [2.24, 2.45) is 0 Å². The second kappa shape index (κ2) is 5.37. The average molecular weight is 279 g/mol. The lowest BCUT2D eigenvalue weighted by Crippen LogP contribution is -2.00. The summed E-state index contributed by atoms with van der Waals surface area (Å²) in [5, 5.41) is 25.2. The van der Waals surface area contributed by atoms with Gasteiger partial charge in [-0.05, 0) is 35.4 Å². The van der Waals surface area contributed by atoms with E-state index in [2.05, 4.69) is 5.32 Å². The van der Waals surface area contributed by atoms with Crippen LogP contribution >= 0.6 is 0 Å². The predicted octanol–water partition coefficient (Wildman–Crippen LogP) is 4.17. The molecule has 0 fully saturated rings. The van der Waals surface area contributed by atoms with E-state index in [1.165, 1.54) is 0 Å². The molecule has 0 aliphatic rings. The van der Waals surface area contributed by atoms with Gasteiger partial charge in [-0.25, -0.2) is 0 Å². The first kappa shape index (κ1) is 13.3. The molecule has 3 aromatic carbocycles. The molecule has 21 heavy (non-hydrogen) atoms. The third-order valence-electron chi connectivity index (χ3n) is 3.69. The van der Waals surface area contributed by atoms with E-state index in [4.69, 9.17) is 0 Å². The highest BCUT2D eigenvalue weighted by molar-refractivity contribution is 5.87. The van der Waals surface area contributed by atoms with E-state index in [1.807, 2.05) is 49.4 Å². The van der Waals surface area contributed by atoms with Crippen molar-refractivity contribution in [1.82, 2.24) is 0 Å². The van der Waals surface area contributed by atoms with Crippen molar-refractivity contribution >= 4 is 16.5 Å². The molecule has 0 amide bonds. The van der Waals surface area contributed by atoms with Crippen LogP contribution in [-0.2, 0) is 6.54 Å². The fourth-order valence-electron chi connectivity index (χ4n) is 2.42. The summed E-state index contributed by atoms with van der Waals surface area (Å²) in [5.74, 6) is 0.541. The predicted molar refractivity (Wildman–Crippen MR) is 85.8 cm³/mol. The molecule has 0 aliphatic carbocycles. The van der Waals surface area contributed by atoms with Crippen LogP contribution < -0.4 is 5.32 Å². The van der Waals surface area contributed by atoms with Crippen molar-refractivity contribution in [3.63, 3.8) is 0 Å². The second-order valence-corrected chi connectivity index (χ2v) is 5.14. The smallest absolute Gasteiger partial charge is 0.121 e. The zero-order chi connectivity index (χ0) is 14.8. The molecule has 0 atom stereocenters. The lowest BCUT2D eigenvalue weighted by molar-refractivity contribution is 0.470. The van der Waals surface area contributed by atoms with Crippen LogP contribution in [0, 0.1) is 6.92 Å². The van der Waals surface area contributed by atoms with E-state index in [0.29, 0.717) is 6.54 Å². The van der Waals surface area contributed by atoms with Crippen molar-refractivity contribution in [3.05, 3.63) is 65.7 Å². The highest BCUT2D eigenvalue weighted by Crippen LogP contribution is 2.28. The lowest BCUT2D eigenvalue weighted by Gasteiger charge is -2.12. The van der Waals surface area contributed by atoms with Crippen molar-refractivity contribution in [2.45, 2.75) is 13.5 Å². The number of hydrogen-bond acceptors (Lipinski definition) is 3. The number of anilines is 1. The highest BCUT2D eigenvalue weighted by atomic mass is 16.3. The van der Waals surface area contributed by atoms with Crippen LogP contribution in [-0.4, -0.2) is 10.2 Å². The van der Waals surface area contributed by atoms with Gasteiger partial charge < -0.3 is 15.5 Å². The van der Waals surface area contributed by atoms with Crippen molar-refractivity contribution in [1.29, 1.82) is 0 Å². The summed E-state index contributed by atoms with van der Waals surface area (Å²) in [4.78, 5) is 0. The van der Waals surface area contributed by atoms with E-state index < -0.39 is 0 Å². The maximum absolute atomic E-state index is 10.1. The molecule has 0 heterocycles. The minimum atomic E-state index is 0.266. The first-order valence-electron chi connectivity index (χ1n) is 6.88. The van der Waals surface area contributed by atoms with Gasteiger partial charge in [-0.3, -0.25) is 0 Å². The molecular formula is C18H17NO2. The fourth-order valence-corrected chi connectivity index (χ4v) is 2.42. The minimum absolute atomic E-state index is 0.266. The standard InChI is InChI=1S/C18H17NO2/c1-12-6-8-14(10-18(12)21)19-11-16-15-5-3-2-4-13(15)7-9-17(16)20/h2-10,19-21H,11H2,1H3. The zero-order valence-corrected chi connectivity index (χ0v) is 11.8. The van der Waals surface area contributed by atoms with E-state index in [9.17, 15) is 10.2 Å². The highest BCUT2D eigenvalue weighted by Gasteiger charge is 2.07. The Bertz CT molecular complexity index is 796. The van der Waals surface area contributed by atoms with Crippen LogP contribution in [0.1, 0.15) is 11.1 Å². The van der Waals surface area contributed by atoms with Gasteiger partial charge in [0.15, 0.2) is 0 Å².